The van der Waals surface area contributed by atoms with Crippen LogP contribution in [-0.2, 0) is 0 Å². The molecule has 0 spiro atoms. The standard InChI is InChI=1S/C18H18N2O3/c1-20(2)16(12-8-4-3-5-9-12)15-13-10-6-7-11-14(13)19-17(15)23-18(21)22/h3-11,16,19H,1-2H3,(H,21,22). The van der Waals surface area contributed by atoms with E-state index in [1.807, 2.05) is 73.6 Å². The van der Waals surface area contributed by atoms with Crippen molar-refractivity contribution in [2.45, 2.75) is 6.04 Å². The number of carboxylic acid groups (broad SMARTS) is 1. The van der Waals surface area contributed by atoms with Crippen LogP contribution in [0.25, 0.3) is 10.9 Å². The van der Waals surface area contributed by atoms with Crippen molar-refractivity contribution in [3.63, 3.8) is 0 Å². The van der Waals surface area contributed by atoms with Gasteiger partial charge in [-0.05, 0) is 25.7 Å². The lowest BCUT2D eigenvalue weighted by atomic mass is 9.97. The minimum absolute atomic E-state index is 0.123. The van der Waals surface area contributed by atoms with Crippen molar-refractivity contribution in [3.8, 4) is 5.88 Å². The van der Waals surface area contributed by atoms with Crippen LogP contribution in [0.15, 0.2) is 54.6 Å². The number of fused-ring (bicyclic) bond motifs is 1. The van der Waals surface area contributed by atoms with Gasteiger partial charge in [0.2, 0.25) is 5.88 Å². The molecular weight excluding hydrogens is 292 g/mol. The number of hydrogen-bond acceptors (Lipinski definition) is 3. The molecule has 0 aliphatic heterocycles. The van der Waals surface area contributed by atoms with Crippen molar-refractivity contribution < 1.29 is 14.6 Å². The molecule has 0 aliphatic carbocycles. The van der Waals surface area contributed by atoms with Crippen LogP contribution in [0.5, 0.6) is 5.88 Å². The lowest BCUT2D eigenvalue weighted by Crippen LogP contribution is -2.22. The first-order chi connectivity index (χ1) is 11.1. The van der Waals surface area contributed by atoms with Crippen molar-refractivity contribution in [2.75, 3.05) is 14.1 Å². The van der Waals surface area contributed by atoms with E-state index in [2.05, 4.69) is 4.98 Å². The number of nitrogens with zero attached hydrogens (tertiary/aromatic N) is 1. The van der Waals surface area contributed by atoms with Crippen molar-refractivity contribution in [1.82, 2.24) is 9.88 Å². The topological polar surface area (TPSA) is 65.6 Å². The van der Waals surface area contributed by atoms with E-state index in [9.17, 15) is 4.79 Å². The number of benzene rings is 2. The molecule has 0 saturated carbocycles. The Hall–Kier alpha value is -2.79. The van der Waals surface area contributed by atoms with Gasteiger partial charge in [-0.15, -0.1) is 0 Å². The molecule has 3 aromatic rings. The SMILES string of the molecule is CN(C)C(c1ccccc1)c1c(OC(=O)O)[nH]c2ccccc12. The van der Waals surface area contributed by atoms with Crippen LogP contribution in [0.4, 0.5) is 4.79 Å². The first kappa shape index (κ1) is 15.1. The van der Waals surface area contributed by atoms with Gasteiger partial charge >= 0.3 is 6.16 Å². The van der Waals surface area contributed by atoms with Gasteiger partial charge in [0.15, 0.2) is 0 Å². The summed E-state index contributed by atoms with van der Waals surface area (Å²) in [5, 5.41) is 10.0. The highest BCUT2D eigenvalue weighted by molar-refractivity contribution is 5.87. The molecule has 3 rings (SSSR count). The van der Waals surface area contributed by atoms with Gasteiger partial charge in [-0.3, -0.25) is 4.90 Å². The molecule has 1 unspecified atom stereocenters. The zero-order valence-corrected chi connectivity index (χ0v) is 13.0. The molecule has 0 saturated heterocycles. The van der Waals surface area contributed by atoms with E-state index in [1.54, 1.807) is 0 Å². The van der Waals surface area contributed by atoms with Crippen LogP contribution in [-0.4, -0.2) is 35.2 Å². The second-order valence-corrected chi connectivity index (χ2v) is 5.56. The monoisotopic (exact) mass is 310 g/mol. The summed E-state index contributed by atoms with van der Waals surface area (Å²) in [6.45, 7) is 0. The largest absolute Gasteiger partial charge is 0.512 e. The van der Waals surface area contributed by atoms with E-state index in [1.165, 1.54) is 0 Å². The molecule has 5 heteroatoms. The Kier molecular flexibility index (Phi) is 4.04. The van der Waals surface area contributed by atoms with Gasteiger partial charge < -0.3 is 14.8 Å². The van der Waals surface area contributed by atoms with Gasteiger partial charge in [0.1, 0.15) is 0 Å². The smallest absolute Gasteiger partial charge is 0.449 e. The number of para-hydroxylation sites is 1. The minimum atomic E-state index is -1.33. The van der Waals surface area contributed by atoms with Crippen molar-refractivity contribution in [3.05, 3.63) is 65.7 Å². The summed E-state index contributed by atoms with van der Waals surface area (Å²) in [5.41, 5.74) is 2.73. The number of hydrogen-bond donors (Lipinski definition) is 2. The van der Waals surface area contributed by atoms with Crippen molar-refractivity contribution in [2.24, 2.45) is 0 Å². The molecule has 1 aromatic heterocycles. The highest BCUT2D eigenvalue weighted by atomic mass is 16.7. The fourth-order valence-corrected chi connectivity index (χ4v) is 2.94. The fourth-order valence-electron chi connectivity index (χ4n) is 2.94. The number of aromatic nitrogens is 1. The number of nitrogens with one attached hydrogen (secondary N) is 1. The third kappa shape index (κ3) is 2.91. The highest BCUT2D eigenvalue weighted by Crippen LogP contribution is 2.38. The molecular formula is C18H18N2O3. The molecule has 1 heterocycles. The third-order valence-corrected chi connectivity index (χ3v) is 3.80. The molecule has 1 atom stereocenters. The number of ether oxygens (including phenoxy) is 1. The Morgan fingerprint density at radius 1 is 1.09 bits per heavy atom. The Morgan fingerprint density at radius 3 is 2.39 bits per heavy atom. The Morgan fingerprint density at radius 2 is 1.74 bits per heavy atom. The van der Waals surface area contributed by atoms with Gasteiger partial charge in [-0.2, -0.15) is 0 Å². The first-order valence-electron chi connectivity index (χ1n) is 7.30. The molecule has 2 N–H and O–H groups in total. The summed E-state index contributed by atoms with van der Waals surface area (Å²) in [7, 11) is 3.92. The van der Waals surface area contributed by atoms with Crippen LogP contribution in [0.1, 0.15) is 17.2 Å². The number of rotatable bonds is 4. The van der Waals surface area contributed by atoms with Crippen LogP contribution in [0.2, 0.25) is 0 Å². The summed E-state index contributed by atoms with van der Waals surface area (Å²) in [6.07, 6.45) is -1.33. The van der Waals surface area contributed by atoms with E-state index < -0.39 is 6.16 Å². The zero-order valence-electron chi connectivity index (χ0n) is 13.0. The van der Waals surface area contributed by atoms with Crippen molar-refractivity contribution >= 4 is 17.1 Å². The summed E-state index contributed by atoms with van der Waals surface area (Å²) in [5.74, 6) is 0.265. The summed E-state index contributed by atoms with van der Waals surface area (Å²) in [4.78, 5) is 16.2. The maximum atomic E-state index is 11.1. The maximum absolute atomic E-state index is 11.1. The van der Waals surface area contributed by atoms with Gasteiger partial charge in [-0.1, -0.05) is 48.5 Å². The molecule has 118 valence electrons. The van der Waals surface area contributed by atoms with E-state index in [-0.39, 0.29) is 11.9 Å². The molecule has 2 aromatic carbocycles. The molecule has 0 fully saturated rings. The first-order valence-corrected chi connectivity index (χ1v) is 7.30. The van der Waals surface area contributed by atoms with Gasteiger partial charge in [0.25, 0.3) is 0 Å². The van der Waals surface area contributed by atoms with E-state index in [4.69, 9.17) is 9.84 Å². The Bertz CT molecular complexity index is 825. The summed E-state index contributed by atoms with van der Waals surface area (Å²) < 4.78 is 5.02. The predicted molar refractivity (Wildman–Crippen MR) is 88.9 cm³/mol. The Balaban J connectivity index is 2.24. The second kappa shape index (κ2) is 6.14. The lowest BCUT2D eigenvalue weighted by Gasteiger charge is -2.25. The lowest BCUT2D eigenvalue weighted by molar-refractivity contribution is 0.141. The van der Waals surface area contributed by atoms with Crippen LogP contribution >= 0.6 is 0 Å². The van der Waals surface area contributed by atoms with Gasteiger partial charge in [-0.25, -0.2) is 4.79 Å². The molecule has 23 heavy (non-hydrogen) atoms. The summed E-state index contributed by atoms with van der Waals surface area (Å²) in [6, 6.07) is 17.5. The maximum Gasteiger partial charge on any atom is 0.512 e. The highest BCUT2D eigenvalue weighted by Gasteiger charge is 2.26. The molecule has 0 bridgehead atoms. The van der Waals surface area contributed by atoms with E-state index in [0.717, 1.165) is 22.0 Å². The van der Waals surface area contributed by atoms with Crippen LogP contribution < -0.4 is 4.74 Å². The van der Waals surface area contributed by atoms with Crippen LogP contribution in [0.3, 0.4) is 0 Å². The van der Waals surface area contributed by atoms with Crippen molar-refractivity contribution in [1.29, 1.82) is 0 Å². The summed E-state index contributed by atoms with van der Waals surface area (Å²) >= 11 is 0. The van der Waals surface area contributed by atoms with E-state index >= 15 is 0 Å². The predicted octanol–water partition coefficient (Wildman–Crippen LogP) is 3.88. The zero-order chi connectivity index (χ0) is 16.4. The molecule has 5 nitrogen and oxygen atoms in total. The molecule has 0 aliphatic rings. The average Bonchev–Trinajstić information content (AvgIpc) is 2.86. The number of H-pyrrole nitrogens is 1. The molecule has 0 radical (unpaired) electrons. The molecule has 0 amide bonds. The van der Waals surface area contributed by atoms with E-state index in [0.29, 0.717) is 0 Å². The normalized spacial score (nSPS) is 12.5. The van der Waals surface area contributed by atoms with Crippen LogP contribution in [0, 0.1) is 0 Å². The quantitative estimate of drug-likeness (QED) is 0.718. The number of aromatic amines is 1. The average molecular weight is 310 g/mol. The van der Waals surface area contributed by atoms with Gasteiger partial charge in [0.05, 0.1) is 6.04 Å². The second-order valence-electron chi connectivity index (χ2n) is 5.56. The van der Waals surface area contributed by atoms with Gasteiger partial charge in [0, 0.05) is 16.5 Å². The fraction of sp³-hybridized carbons (Fsp3) is 0.167. The number of carbonyl (C=O) groups is 1. The third-order valence-electron chi connectivity index (χ3n) is 3.80. The minimum Gasteiger partial charge on any atom is -0.449 e. The Labute approximate surface area is 134 Å².